The molecule has 0 aromatic heterocycles. The zero-order valence-electron chi connectivity index (χ0n) is 15.2. The lowest BCUT2D eigenvalue weighted by atomic mass is 10.2. The van der Waals surface area contributed by atoms with E-state index in [0.717, 1.165) is 6.07 Å². The quantitative estimate of drug-likeness (QED) is 0.491. The molecule has 0 heterocycles. The van der Waals surface area contributed by atoms with Gasteiger partial charge in [0, 0.05) is 31.7 Å². The number of rotatable bonds is 8. The van der Waals surface area contributed by atoms with E-state index in [-0.39, 0.29) is 22.8 Å². The third-order valence-corrected chi connectivity index (χ3v) is 5.56. The Hall–Kier alpha value is -2.69. The van der Waals surface area contributed by atoms with Gasteiger partial charge in [-0.25, -0.2) is 13.1 Å². The number of benzene rings is 2. The van der Waals surface area contributed by atoms with Crippen molar-refractivity contribution >= 4 is 38.9 Å². The Morgan fingerprint density at radius 3 is 2.50 bits per heavy atom. The van der Waals surface area contributed by atoms with Gasteiger partial charge in [-0.1, -0.05) is 29.8 Å². The monoisotopic (exact) mass is 426 g/mol. The maximum Gasteiger partial charge on any atom is 0.293 e. The standard InChI is InChI=1S/C17H19ClN4O5S/c1-21(2)15-8-7-13(9-16(15)22(24)25)28(26,27)20-11-17(23)19-10-12-5-3-4-6-14(12)18/h3-9,20H,10-11H2,1-2H3,(H,19,23). The lowest BCUT2D eigenvalue weighted by Gasteiger charge is -2.14. The second kappa shape index (κ2) is 9.00. The smallest absolute Gasteiger partial charge is 0.293 e. The third kappa shape index (κ3) is 5.41. The van der Waals surface area contributed by atoms with Crippen molar-refractivity contribution in [1.82, 2.24) is 10.0 Å². The SMILES string of the molecule is CN(C)c1ccc(S(=O)(=O)NCC(=O)NCc2ccccc2Cl)cc1[N+](=O)[O-]. The highest BCUT2D eigenvalue weighted by atomic mass is 35.5. The number of anilines is 1. The predicted octanol–water partition coefficient (Wildman–Crippen LogP) is 1.91. The molecule has 28 heavy (non-hydrogen) atoms. The van der Waals surface area contributed by atoms with E-state index in [9.17, 15) is 23.3 Å². The first-order valence-electron chi connectivity index (χ1n) is 8.07. The largest absolute Gasteiger partial charge is 0.372 e. The number of nitrogens with zero attached hydrogens (tertiary/aromatic N) is 2. The number of amides is 1. The number of nitro groups is 1. The number of halogens is 1. The van der Waals surface area contributed by atoms with E-state index < -0.39 is 27.4 Å². The minimum absolute atomic E-state index is 0.142. The van der Waals surface area contributed by atoms with Gasteiger partial charge in [-0.2, -0.15) is 0 Å². The first-order chi connectivity index (χ1) is 13.1. The Labute approximate surface area is 167 Å². The van der Waals surface area contributed by atoms with Crippen LogP contribution in [0.2, 0.25) is 5.02 Å². The molecular formula is C17H19ClN4O5S. The number of carbonyl (C=O) groups is 1. The summed E-state index contributed by atoms with van der Waals surface area (Å²) < 4.78 is 26.9. The van der Waals surface area contributed by atoms with Crippen molar-refractivity contribution in [3.05, 3.63) is 63.2 Å². The van der Waals surface area contributed by atoms with E-state index in [1.807, 2.05) is 0 Å². The van der Waals surface area contributed by atoms with Crippen LogP contribution in [-0.2, 0) is 21.4 Å². The summed E-state index contributed by atoms with van der Waals surface area (Å²) >= 11 is 5.99. The molecule has 0 atom stereocenters. The van der Waals surface area contributed by atoms with E-state index in [0.29, 0.717) is 10.6 Å². The van der Waals surface area contributed by atoms with Crippen LogP contribution in [0.3, 0.4) is 0 Å². The summed E-state index contributed by atoms with van der Waals surface area (Å²) in [6, 6.07) is 10.5. The van der Waals surface area contributed by atoms with Gasteiger partial charge in [0.25, 0.3) is 5.69 Å². The summed E-state index contributed by atoms with van der Waals surface area (Å²) in [7, 11) is -0.886. The van der Waals surface area contributed by atoms with Crippen molar-refractivity contribution in [1.29, 1.82) is 0 Å². The fraction of sp³-hybridized carbons (Fsp3) is 0.235. The summed E-state index contributed by atoms with van der Waals surface area (Å²) in [5, 5.41) is 14.2. The second-order valence-electron chi connectivity index (χ2n) is 5.99. The van der Waals surface area contributed by atoms with Crippen LogP contribution in [-0.4, -0.2) is 39.9 Å². The molecule has 0 saturated heterocycles. The summed E-state index contributed by atoms with van der Waals surface area (Å²) in [6.07, 6.45) is 0. The zero-order chi connectivity index (χ0) is 20.9. The van der Waals surface area contributed by atoms with Gasteiger partial charge in [0.2, 0.25) is 15.9 Å². The van der Waals surface area contributed by atoms with Crippen molar-refractivity contribution in [3.63, 3.8) is 0 Å². The van der Waals surface area contributed by atoms with Crippen LogP contribution >= 0.6 is 11.6 Å². The minimum atomic E-state index is -4.10. The summed E-state index contributed by atoms with van der Waals surface area (Å²) in [5.41, 5.74) is 0.604. The van der Waals surface area contributed by atoms with Crippen LogP contribution in [0.15, 0.2) is 47.4 Å². The molecule has 2 N–H and O–H groups in total. The van der Waals surface area contributed by atoms with Crippen LogP contribution in [0.25, 0.3) is 0 Å². The summed E-state index contributed by atoms with van der Waals surface area (Å²) in [4.78, 5) is 23.7. The molecule has 150 valence electrons. The predicted molar refractivity (Wildman–Crippen MR) is 106 cm³/mol. The molecule has 0 unspecified atom stereocenters. The molecule has 0 saturated carbocycles. The molecular weight excluding hydrogens is 408 g/mol. The van der Waals surface area contributed by atoms with Crippen molar-refractivity contribution in [2.75, 3.05) is 25.5 Å². The number of nitro benzene ring substituents is 1. The van der Waals surface area contributed by atoms with Gasteiger partial charge in [-0.05, 0) is 23.8 Å². The number of hydrogen-bond acceptors (Lipinski definition) is 6. The highest BCUT2D eigenvalue weighted by Gasteiger charge is 2.22. The average Bonchev–Trinajstić information content (AvgIpc) is 2.65. The van der Waals surface area contributed by atoms with Gasteiger partial charge in [0.15, 0.2) is 0 Å². The van der Waals surface area contributed by atoms with Gasteiger partial charge < -0.3 is 10.2 Å². The van der Waals surface area contributed by atoms with Crippen LogP contribution in [0.4, 0.5) is 11.4 Å². The summed E-state index contributed by atoms with van der Waals surface area (Å²) in [6.45, 7) is -0.376. The van der Waals surface area contributed by atoms with Crippen LogP contribution in [0, 0.1) is 10.1 Å². The number of hydrogen-bond donors (Lipinski definition) is 2. The molecule has 0 aliphatic carbocycles. The second-order valence-corrected chi connectivity index (χ2v) is 8.17. The Bertz CT molecular complexity index is 995. The molecule has 0 bridgehead atoms. The minimum Gasteiger partial charge on any atom is -0.372 e. The molecule has 2 rings (SSSR count). The lowest BCUT2D eigenvalue weighted by Crippen LogP contribution is -2.36. The topological polar surface area (TPSA) is 122 Å². The average molecular weight is 427 g/mol. The van der Waals surface area contributed by atoms with Gasteiger partial charge in [0.1, 0.15) is 5.69 Å². The molecule has 0 aliphatic heterocycles. The maximum atomic E-state index is 12.4. The zero-order valence-corrected chi connectivity index (χ0v) is 16.7. The van der Waals surface area contributed by atoms with E-state index in [4.69, 9.17) is 11.6 Å². The lowest BCUT2D eigenvalue weighted by molar-refractivity contribution is -0.384. The van der Waals surface area contributed by atoms with Crippen molar-refractivity contribution in [2.24, 2.45) is 0 Å². The van der Waals surface area contributed by atoms with Crippen LogP contribution < -0.4 is 14.9 Å². The van der Waals surface area contributed by atoms with E-state index in [2.05, 4.69) is 10.0 Å². The van der Waals surface area contributed by atoms with Crippen molar-refractivity contribution in [2.45, 2.75) is 11.4 Å². The molecule has 11 heteroatoms. The Kier molecular flexibility index (Phi) is 6.95. The third-order valence-electron chi connectivity index (χ3n) is 3.79. The highest BCUT2D eigenvalue weighted by Crippen LogP contribution is 2.29. The van der Waals surface area contributed by atoms with Gasteiger partial charge in [0.05, 0.1) is 16.4 Å². The number of nitrogens with one attached hydrogen (secondary N) is 2. The molecule has 9 nitrogen and oxygen atoms in total. The summed E-state index contributed by atoms with van der Waals surface area (Å²) in [5.74, 6) is -0.567. The number of carbonyl (C=O) groups excluding carboxylic acids is 1. The molecule has 1 amide bonds. The molecule has 0 spiro atoms. The van der Waals surface area contributed by atoms with Gasteiger partial charge >= 0.3 is 0 Å². The van der Waals surface area contributed by atoms with Gasteiger partial charge in [-0.15, -0.1) is 0 Å². The first-order valence-corrected chi connectivity index (χ1v) is 9.93. The molecule has 0 aliphatic rings. The van der Waals surface area contributed by atoms with Crippen molar-refractivity contribution < 1.29 is 18.1 Å². The van der Waals surface area contributed by atoms with Crippen LogP contribution in [0.5, 0.6) is 0 Å². The number of sulfonamides is 1. The molecule has 2 aromatic rings. The molecule has 2 aromatic carbocycles. The molecule has 0 fully saturated rings. The Balaban J connectivity index is 2.05. The first kappa shape index (κ1) is 21.6. The van der Waals surface area contributed by atoms with Crippen LogP contribution in [0.1, 0.15) is 5.56 Å². The normalized spacial score (nSPS) is 11.1. The fourth-order valence-corrected chi connectivity index (χ4v) is 3.54. The van der Waals surface area contributed by atoms with E-state index in [1.54, 1.807) is 38.4 Å². The van der Waals surface area contributed by atoms with E-state index in [1.165, 1.54) is 17.0 Å². The van der Waals surface area contributed by atoms with E-state index >= 15 is 0 Å². The van der Waals surface area contributed by atoms with Crippen molar-refractivity contribution in [3.8, 4) is 0 Å². The highest BCUT2D eigenvalue weighted by molar-refractivity contribution is 7.89. The Morgan fingerprint density at radius 1 is 1.21 bits per heavy atom. The maximum absolute atomic E-state index is 12.4. The molecule has 0 radical (unpaired) electrons. The fourth-order valence-electron chi connectivity index (χ4n) is 2.34. The van der Waals surface area contributed by atoms with Gasteiger partial charge in [-0.3, -0.25) is 14.9 Å². The Morgan fingerprint density at radius 2 is 1.89 bits per heavy atom.